The zero-order valence-corrected chi connectivity index (χ0v) is 27.4. The van der Waals surface area contributed by atoms with Gasteiger partial charge in [0.2, 0.25) is 0 Å². The van der Waals surface area contributed by atoms with Crippen LogP contribution in [-0.2, 0) is 9.47 Å². The zero-order chi connectivity index (χ0) is 32.6. The number of ether oxygens (including phenoxy) is 2. The molecule has 0 aliphatic heterocycles. The molecule has 242 valence electrons. The minimum Gasteiger partial charge on any atom is -0.462 e. The highest BCUT2D eigenvalue weighted by atomic mass is 16.5. The quantitative estimate of drug-likeness (QED) is 0.254. The van der Waals surface area contributed by atoms with Gasteiger partial charge in [-0.3, -0.25) is 0 Å². The molecule has 0 saturated heterocycles. The number of hydrogen-bond acceptors (Lipinski definition) is 6. The van der Waals surface area contributed by atoms with Crippen molar-refractivity contribution in [2.24, 2.45) is 23.2 Å². The number of rotatable bonds is 6. The Balaban J connectivity index is 1.63. The second-order valence-electron chi connectivity index (χ2n) is 13.4. The maximum Gasteiger partial charge on any atom is 0.338 e. The average molecular weight is 615 g/mol. The van der Waals surface area contributed by atoms with Crippen molar-refractivity contribution in [3.63, 3.8) is 0 Å². The Morgan fingerprint density at radius 2 is 1.47 bits per heavy atom. The monoisotopic (exact) mass is 614 g/mol. The number of benzene rings is 2. The van der Waals surface area contributed by atoms with Gasteiger partial charge >= 0.3 is 11.9 Å². The lowest BCUT2D eigenvalue weighted by Gasteiger charge is -2.36. The van der Waals surface area contributed by atoms with E-state index in [-0.39, 0.29) is 30.3 Å². The van der Waals surface area contributed by atoms with Crippen molar-refractivity contribution in [3.8, 4) is 0 Å². The molecule has 0 spiro atoms. The Morgan fingerprint density at radius 3 is 2.11 bits per heavy atom. The van der Waals surface area contributed by atoms with Crippen LogP contribution in [-0.4, -0.2) is 47.1 Å². The maximum atomic E-state index is 13.1. The summed E-state index contributed by atoms with van der Waals surface area (Å²) >= 11 is 0. The van der Waals surface area contributed by atoms with E-state index in [0.29, 0.717) is 30.4 Å². The maximum absolute atomic E-state index is 13.1. The zero-order valence-electron chi connectivity index (χ0n) is 27.4. The number of aliphatic hydroxyl groups excluding tert-OH is 2. The van der Waals surface area contributed by atoms with Gasteiger partial charge in [0, 0.05) is 5.41 Å². The van der Waals surface area contributed by atoms with E-state index < -0.39 is 29.7 Å². The predicted octanol–water partition coefficient (Wildman–Crippen LogP) is 7.87. The topological polar surface area (TPSA) is 93.1 Å². The molecule has 1 fully saturated rings. The van der Waals surface area contributed by atoms with Crippen LogP contribution in [0.3, 0.4) is 0 Å². The van der Waals surface area contributed by atoms with Gasteiger partial charge in [-0.1, -0.05) is 79.6 Å². The van der Waals surface area contributed by atoms with Crippen LogP contribution in [0, 0.1) is 23.2 Å². The molecular weight excluding hydrogens is 564 g/mol. The van der Waals surface area contributed by atoms with Crippen molar-refractivity contribution in [1.82, 2.24) is 0 Å². The summed E-state index contributed by atoms with van der Waals surface area (Å²) in [6.07, 6.45) is 8.80. The molecule has 6 nitrogen and oxygen atoms in total. The number of allylic oxidation sites excluding steroid dienone is 5. The van der Waals surface area contributed by atoms with Crippen molar-refractivity contribution in [2.45, 2.75) is 91.5 Å². The SMILES string of the molecule is C/C1=C\C[C@]2(C)[C@H](O)[C@H](O)[C@H]([C@H](C)COC(=O)c3ccccc3)[C@H]2C/C=C(\C)[C@@H](OC(=O)c2ccccc2)CC/C(C)=C/CC1. The summed E-state index contributed by atoms with van der Waals surface area (Å²) in [5.41, 5.74) is 3.87. The van der Waals surface area contributed by atoms with Gasteiger partial charge in [-0.05, 0) is 107 Å². The van der Waals surface area contributed by atoms with Crippen LogP contribution < -0.4 is 0 Å². The van der Waals surface area contributed by atoms with E-state index in [1.807, 2.05) is 38.1 Å². The van der Waals surface area contributed by atoms with Crippen molar-refractivity contribution in [3.05, 3.63) is 107 Å². The van der Waals surface area contributed by atoms with Gasteiger partial charge in [0.05, 0.1) is 29.9 Å². The van der Waals surface area contributed by atoms with Crippen molar-refractivity contribution in [1.29, 1.82) is 0 Å². The summed E-state index contributed by atoms with van der Waals surface area (Å²) in [6.45, 7) is 10.4. The van der Waals surface area contributed by atoms with Gasteiger partial charge in [0.15, 0.2) is 0 Å². The third-order valence-electron chi connectivity index (χ3n) is 10.0. The van der Waals surface area contributed by atoms with E-state index in [1.54, 1.807) is 36.4 Å². The number of carbonyl (C=O) groups excluding carboxylic acids is 2. The highest BCUT2D eigenvalue weighted by Crippen LogP contribution is 2.54. The van der Waals surface area contributed by atoms with Crippen LogP contribution in [0.1, 0.15) is 93.9 Å². The lowest BCUT2D eigenvalue weighted by Crippen LogP contribution is -2.36. The van der Waals surface area contributed by atoms with Crippen molar-refractivity contribution >= 4 is 11.9 Å². The smallest absolute Gasteiger partial charge is 0.338 e. The molecule has 0 amide bonds. The van der Waals surface area contributed by atoms with Gasteiger partial charge < -0.3 is 19.7 Å². The minimum absolute atomic E-state index is 0.109. The molecule has 6 heteroatoms. The number of esters is 2. The summed E-state index contributed by atoms with van der Waals surface area (Å²) in [4.78, 5) is 25.8. The van der Waals surface area contributed by atoms with E-state index >= 15 is 0 Å². The number of carbonyl (C=O) groups is 2. The Bertz CT molecular complexity index is 1380. The molecule has 7 atom stereocenters. The van der Waals surface area contributed by atoms with E-state index in [0.717, 1.165) is 24.8 Å². The lowest BCUT2D eigenvalue weighted by atomic mass is 9.69. The van der Waals surface area contributed by atoms with Gasteiger partial charge in [0.25, 0.3) is 0 Å². The fourth-order valence-corrected chi connectivity index (χ4v) is 7.00. The Hall–Kier alpha value is -3.48. The van der Waals surface area contributed by atoms with Crippen molar-refractivity contribution in [2.75, 3.05) is 6.61 Å². The normalized spacial score (nSPS) is 32.2. The molecule has 45 heavy (non-hydrogen) atoms. The van der Waals surface area contributed by atoms with E-state index in [1.165, 1.54) is 11.1 Å². The molecule has 2 aliphatic carbocycles. The largest absolute Gasteiger partial charge is 0.462 e. The molecule has 0 bridgehead atoms. The summed E-state index contributed by atoms with van der Waals surface area (Å²) < 4.78 is 11.8. The Labute approximate surface area is 268 Å². The third-order valence-corrected chi connectivity index (χ3v) is 10.0. The average Bonchev–Trinajstić information content (AvgIpc) is 3.23. The third kappa shape index (κ3) is 8.62. The first-order chi connectivity index (χ1) is 21.5. The Morgan fingerprint density at radius 1 is 0.867 bits per heavy atom. The molecule has 0 radical (unpaired) electrons. The van der Waals surface area contributed by atoms with E-state index in [9.17, 15) is 19.8 Å². The van der Waals surface area contributed by atoms with E-state index in [2.05, 4.69) is 39.0 Å². The first kappa shape index (κ1) is 34.4. The number of aliphatic hydroxyl groups is 2. The van der Waals surface area contributed by atoms with Gasteiger partial charge in [-0.15, -0.1) is 0 Å². The minimum atomic E-state index is -0.969. The molecule has 0 heterocycles. The van der Waals surface area contributed by atoms with Crippen LogP contribution in [0.5, 0.6) is 0 Å². The molecule has 2 N–H and O–H groups in total. The molecular formula is C39H50O6. The van der Waals surface area contributed by atoms with Crippen LogP contribution in [0.2, 0.25) is 0 Å². The molecule has 2 aromatic carbocycles. The summed E-state index contributed by atoms with van der Waals surface area (Å²) in [7, 11) is 0. The summed E-state index contributed by atoms with van der Waals surface area (Å²) in [5.74, 6) is -1.37. The molecule has 1 saturated carbocycles. The van der Waals surface area contributed by atoms with Crippen LogP contribution in [0.25, 0.3) is 0 Å². The molecule has 2 aliphatic rings. The standard InChI is InChI=1S/C39H50O6/c1-26-13-12-14-27(2)23-24-39(5)32(21-20-28(3)33(22-19-26)45-38(43)31-17-10-7-11-18-31)34(35(40)36(39)41)29(4)25-44-37(42)30-15-8-6-9-16-30/h6-11,13,15-18,20,23,29,32-36,40-41H,12,14,19,21-22,24-25H2,1-5H3/b26-13+,27-23+,28-20+/t29-,32-,33+,34-,35-,36-,39+/m1/s1. The molecule has 0 aromatic heterocycles. The summed E-state index contributed by atoms with van der Waals surface area (Å²) in [5, 5.41) is 23.1. The highest BCUT2D eigenvalue weighted by Gasteiger charge is 2.57. The van der Waals surface area contributed by atoms with Crippen LogP contribution >= 0.6 is 0 Å². The van der Waals surface area contributed by atoms with Gasteiger partial charge in [-0.25, -0.2) is 9.59 Å². The first-order valence-electron chi connectivity index (χ1n) is 16.3. The Kier molecular flexibility index (Phi) is 12.0. The number of fused-ring (bicyclic) bond motifs is 1. The fraction of sp³-hybridized carbons (Fsp3) is 0.487. The lowest BCUT2D eigenvalue weighted by molar-refractivity contribution is -0.0324. The van der Waals surface area contributed by atoms with Crippen LogP contribution in [0.4, 0.5) is 0 Å². The van der Waals surface area contributed by atoms with Gasteiger partial charge in [-0.2, -0.15) is 0 Å². The highest BCUT2D eigenvalue weighted by molar-refractivity contribution is 5.89. The van der Waals surface area contributed by atoms with Gasteiger partial charge in [0.1, 0.15) is 6.10 Å². The molecule has 4 rings (SSSR count). The predicted molar refractivity (Wildman–Crippen MR) is 178 cm³/mol. The fourth-order valence-electron chi connectivity index (χ4n) is 7.00. The van der Waals surface area contributed by atoms with Crippen LogP contribution in [0.15, 0.2) is 95.6 Å². The van der Waals surface area contributed by atoms with E-state index in [4.69, 9.17) is 9.47 Å². The van der Waals surface area contributed by atoms with Crippen molar-refractivity contribution < 1.29 is 29.3 Å². The second kappa shape index (κ2) is 15.7. The molecule has 2 aromatic rings. The first-order valence-corrected chi connectivity index (χ1v) is 16.3. The molecule has 0 unspecified atom stereocenters. The second-order valence-corrected chi connectivity index (χ2v) is 13.4. The number of hydrogen-bond donors (Lipinski definition) is 2. The summed E-state index contributed by atoms with van der Waals surface area (Å²) in [6, 6.07) is 17.9.